The number of hydrogen-bond donors (Lipinski definition) is 0. The summed E-state index contributed by atoms with van der Waals surface area (Å²) in [4.78, 5) is 0. The summed E-state index contributed by atoms with van der Waals surface area (Å²) in [5, 5.41) is 0. The van der Waals surface area contributed by atoms with Crippen LogP contribution in [0.1, 0.15) is 54.4 Å². The van der Waals surface area contributed by atoms with E-state index in [-0.39, 0.29) is 0 Å². The lowest BCUT2D eigenvalue weighted by atomic mass is 9.71. The average Bonchev–Trinajstić information content (AvgIpc) is 1.99. The van der Waals surface area contributed by atoms with Gasteiger partial charge in [0.2, 0.25) is 0 Å². The van der Waals surface area contributed by atoms with Crippen LogP contribution in [0.5, 0.6) is 0 Å². The minimum atomic E-state index is 0.457. The van der Waals surface area contributed by atoms with Gasteiger partial charge < -0.3 is 4.74 Å². The van der Waals surface area contributed by atoms with E-state index in [1.807, 2.05) is 0 Å². The van der Waals surface area contributed by atoms with Crippen molar-refractivity contribution in [1.29, 1.82) is 0 Å². The van der Waals surface area contributed by atoms with Crippen molar-refractivity contribution in [2.75, 3.05) is 0 Å². The highest BCUT2D eigenvalue weighted by molar-refractivity contribution is 4.82. The third kappa shape index (κ3) is 3.48. The molecule has 0 aromatic carbocycles. The van der Waals surface area contributed by atoms with E-state index < -0.39 is 0 Å². The molecule has 0 unspecified atom stereocenters. The molecule has 1 heteroatoms. The fourth-order valence-electron chi connectivity index (χ4n) is 3.63. The van der Waals surface area contributed by atoms with Gasteiger partial charge in [0.15, 0.2) is 0 Å². The fraction of sp³-hybridized carbons (Fsp3) is 1.00. The van der Waals surface area contributed by atoms with Crippen LogP contribution in [-0.4, -0.2) is 12.2 Å². The quantitative estimate of drug-likeness (QED) is 0.684. The van der Waals surface area contributed by atoms with Gasteiger partial charge in [-0.25, -0.2) is 0 Å². The van der Waals surface area contributed by atoms with Gasteiger partial charge in [-0.2, -0.15) is 0 Å². The highest BCUT2D eigenvalue weighted by Crippen LogP contribution is 2.38. The Morgan fingerprint density at radius 3 is 1.60 bits per heavy atom. The molecule has 0 N–H and O–H groups in total. The van der Waals surface area contributed by atoms with Crippen molar-refractivity contribution in [3.05, 3.63) is 0 Å². The van der Waals surface area contributed by atoms with Crippen LogP contribution in [0.4, 0.5) is 0 Å². The second-order valence-electron chi connectivity index (χ2n) is 6.05. The predicted molar refractivity (Wildman–Crippen MR) is 65.9 cm³/mol. The normalized spacial score (nSPS) is 33.0. The Kier molecular flexibility index (Phi) is 4.64. The average molecular weight is 212 g/mol. The summed E-state index contributed by atoms with van der Waals surface area (Å²) in [5.74, 6) is 3.32. The van der Waals surface area contributed by atoms with E-state index in [9.17, 15) is 0 Å². The highest BCUT2D eigenvalue weighted by atomic mass is 16.5. The molecule has 0 radical (unpaired) electrons. The molecule has 0 spiro atoms. The minimum absolute atomic E-state index is 0.457. The zero-order valence-corrected chi connectivity index (χ0v) is 11.3. The van der Waals surface area contributed by atoms with Crippen molar-refractivity contribution >= 4 is 0 Å². The molecule has 0 aliphatic carbocycles. The lowest BCUT2D eigenvalue weighted by Crippen LogP contribution is -2.36. The molecule has 1 fully saturated rings. The van der Waals surface area contributed by atoms with E-state index in [1.165, 1.54) is 12.8 Å². The molecule has 2 atom stereocenters. The van der Waals surface area contributed by atoms with Gasteiger partial charge in [0.1, 0.15) is 0 Å². The molecule has 1 nitrogen and oxygen atoms in total. The highest BCUT2D eigenvalue weighted by Gasteiger charge is 2.33. The topological polar surface area (TPSA) is 9.23 Å². The largest absolute Gasteiger partial charge is 0.376 e. The third-order valence-corrected chi connectivity index (χ3v) is 3.82. The maximum Gasteiger partial charge on any atom is 0.0553 e. The molecule has 0 aromatic heterocycles. The summed E-state index contributed by atoms with van der Waals surface area (Å²) in [7, 11) is 0. The van der Waals surface area contributed by atoms with Crippen molar-refractivity contribution in [3.63, 3.8) is 0 Å². The van der Waals surface area contributed by atoms with Gasteiger partial charge in [-0.05, 0) is 50.4 Å². The molecule has 0 aromatic rings. The van der Waals surface area contributed by atoms with Crippen LogP contribution < -0.4 is 0 Å². The van der Waals surface area contributed by atoms with Crippen molar-refractivity contribution < 1.29 is 4.74 Å². The Morgan fingerprint density at radius 2 is 1.27 bits per heavy atom. The SMILES string of the molecule is CC(C)C(C(C)C)C1C[C@@H](C)O[C@H](C)C1. The van der Waals surface area contributed by atoms with E-state index in [2.05, 4.69) is 41.5 Å². The van der Waals surface area contributed by atoms with Crippen molar-refractivity contribution in [2.45, 2.75) is 66.6 Å². The van der Waals surface area contributed by atoms with Gasteiger partial charge in [-0.15, -0.1) is 0 Å². The van der Waals surface area contributed by atoms with Crippen LogP contribution in [0, 0.1) is 23.7 Å². The Hall–Kier alpha value is -0.0400. The Balaban J connectivity index is 2.66. The van der Waals surface area contributed by atoms with Crippen LogP contribution in [0.3, 0.4) is 0 Å². The molecule has 1 saturated heterocycles. The van der Waals surface area contributed by atoms with Gasteiger partial charge in [-0.1, -0.05) is 27.7 Å². The molecule has 1 heterocycles. The monoisotopic (exact) mass is 212 g/mol. The number of ether oxygens (including phenoxy) is 1. The summed E-state index contributed by atoms with van der Waals surface area (Å²) in [5.41, 5.74) is 0. The molecule has 0 amide bonds. The zero-order valence-electron chi connectivity index (χ0n) is 11.3. The third-order valence-electron chi connectivity index (χ3n) is 3.82. The summed E-state index contributed by atoms with van der Waals surface area (Å²) in [6, 6.07) is 0. The van der Waals surface area contributed by atoms with Gasteiger partial charge in [0.05, 0.1) is 12.2 Å². The molecular weight excluding hydrogens is 184 g/mol. The molecule has 15 heavy (non-hydrogen) atoms. The summed E-state index contributed by atoms with van der Waals surface area (Å²) < 4.78 is 5.83. The first kappa shape index (κ1) is 13.0. The van der Waals surface area contributed by atoms with Crippen molar-refractivity contribution in [1.82, 2.24) is 0 Å². The van der Waals surface area contributed by atoms with Gasteiger partial charge >= 0.3 is 0 Å². The summed E-state index contributed by atoms with van der Waals surface area (Å²) in [6.07, 6.45) is 3.42. The van der Waals surface area contributed by atoms with E-state index in [4.69, 9.17) is 4.74 Å². The minimum Gasteiger partial charge on any atom is -0.376 e. The number of hydrogen-bond acceptors (Lipinski definition) is 1. The van der Waals surface area contributed by atoms with Crippen molar-refractivity contribution in [2.24, 2.45) is 23.7 Å². The van der Waals surface area contributed by atoms with E-state index in [0.29, 0.717) is 12.2 Å². The number of rotatable bonds is 3. The van der Waals surface area contributed by atoms with Gasteiger partial charge in [-0.3, -0.25) is 0 Å². The summed E-state index contributed by atoms with van der Waals surface area (Å²) in [6.45, 7) is 13.9. The lowest BCUT2D eigenvalue weighted by molar-refractivity contribution is -0.0728. The Labute approximate surface area is 95.6 Å². The first-order chi connectivity index (χ1) is 6.91. The molecular formula is C14H28O. The standard InChI is InChI=1S/C14H28O/c1-9(2)14(10(3)4)13-7-11(5)15-12(6)8-13/h9-14H,7-8H2,1-6H3/t11-,12-/m1/s1. The van der Waals surface area contributed by atoms with Gasteiger partial charge in [0.25, 0.3) is 0 Å². The van der Waals surface area contributed by atoms with Crippen LogP contribution in [0.25, 0.3) is 0 Å². The zero-order chi connectivity index (χ0) is 11.6. The maximum absolute atomic E-state index is 5.83. The second kappa shape index (κ2) is 5.34. The fourth-order valence-corrected chi connectivity index (χ4v) is 3.63. The second-order valence-corrected chi connectivity index (χ2v) is 6.05. The summed E-state index contributed by atoms with van der Waals surface area (Å²) >= 11 is 0. The first-order valence-corrected chi connectivity index (χ1v) is 6.57. The molecule has 1 rings (SSSR count). The van der Waals surface area contributed by atoms with Crippen LogP contribution >= 0.6 is 0 Å². The van der Waals surface area contributed by atoms with E-state index in [0.717, 1.165) is 23.7 Å². The Morgan fingerprint density at radius 1 is 0.867 bits per heavy atom. The first-order valence-electron chi connectivity index (χ1n) is 6.57. The smallest absolute Gasteiger partial charge is 0.0553 e. The van der Waals surface area contributed by atoms with Gasteiger partial charge in [0, 0.05) is 0 Å². The lowest BCUT2D eigenvalue weighted by Gasteiger charge is -2.40. The molecule has 90 valence electrons. The Bertz CT molecular complexity index is 168. The van der Waals surface area contributed by atoms with E-state index >= 15 is 0 Å². The van der Waals surface area contributed by atoms with Crippen LogP contribution in [-0.2, 0) is 4.74 Å². The molecule has 0 saturated carbocycles. The molecule has 1 aliphatic rings. The van der Waals surface area contributed by atoms with Crippen molar-refractivity contribution in [3.8, 4) is 0 Å². The molecule has 0 bridgehead atoms. The predicted octanol–water partition coefficient (Wildman–Crippen LogP) is 4.12. The maximum atomic E-state index is 5.83. The van der Waals surface area contributed by atoms with Crippen LogP contribution in [0.15, 0.2) is 0 Å². The van der Waals surface area contributed by atoms with E-state index in [1.54, 1.807) is 0 Å². The molecule has 1 aliphatic heterocycles. The van der Waals surface area contributed by atoms with Crippen LogP contribution in [0.2, 0.25) is 0 Å².